The largest absolute Gasteiger partial charge is 0.457 e. The minimum atomic E-state index is -1.58. The van der Waals surface area contributed by atoms with Crippen molar-refractivity contribution in [3.63, 3.8) is 0 Å². The van der Waals surface area contributed by atoms with E-state index in [1.807, 2.05) is 24.3 Å². The minimum absolute atomic E-state index is 0.173. The Morgan fingerprint density at radius 2 is 1.24 bits per heavy atom. The molecule has 6 N–H and O–H groups in total. The molecule has 3 rings (SSSR count). The van der Waals surface area contributed by atoms with E-state index in [1.165, 1.54) is 75.8 Å². The average Bonchev–Trinajstić information content (AvgIpc) is 3.23. The average molecular weight is 836 g/mol. The smallest absolute Gasteiger partial charge is 0.220 e. The molecule has 0 aromatic heterocycles. The summed E-state index contributed by atoms with van der Waals surface area (Å²) in [4.78, 5) is 13.0. The molecule has 1 aliphatic heterocycles. The second-order valence-corrected chi connectivity index (χ2v) is 16.5. The molecule has 1 heterocycles. The van der Waals surface area contributed by atoms with Crippen molar-refractivity contribution >= 4 is 5.91 Å². The van der Waals surface area contributed by atoms with Crippen molar-refractivity contribution in [2.45, 2.75) is 204 Å². The van der Waals surface area contributed by atoms with Crippen LogP contribution in [-0.4, -0.2) is 87.5 Å². The summed E-state index contributed by atoms with van der Waals surface area (Å²) in [5, 5.41) is 54.3. The van der Waals surface area contributed by atoms with Crippen molar-refractivity contribution in [3.05, 3.63) is 59.7 Å². The number of hydrogen-bond donors (Lipinski definition) is 6. The highest BCUT2D eigenvalue weighted by molar-refractivity contribution is 5.76. The monoisotopic (exact) mass is 836 g/mol. The molecule has 2 unspecified atom stereocenters. The molecular formula is C47H75F2NO9. The van der Waals surface area contributed by atoms with Crippen molar-refractivity contribution in [3.8, 4) is 11.5 Å². The van der Waals surface area contributed by atoms with Gasteiger partial charge < -0.3 is 45.1 Å². The Hall–Kier alpha value is -2.71. The van der Waals surface area contributed by atoms with Gasteiger partial charge in [-0.15, -0.1) is 0 Å². The number of hydrogen-bond acceptors (Lipinski definition) is 9. The van der Waals surface area contributed by atoms with Crippen LogP contribution >= 0.6 is 0 Å². The molecule has 336 valence electrons. The third-order valence-corrected chi connectivity index (χ3v) is 11.4. The number of benzene rings is 2. The molecule has 1 aliphatic rings. The second kappa shape index (κ2) is 30.3. The van der Waals surface area contributed by atoms with Gasteiger partial charge in [-0.1, -0.05) is 141 Å². The lowest BCUT2D eigenvalue weighted by Gasteiger charge is -2.40. The molecule has 2 aromatic carbocycles. The van der Waals surface area contributed by atoms with Gasteiger partial charge in [-0.25, -0.2) is 8.78 Å². The molecule has 0 radical (unpaired) electrons. The summed E-state index contributed by atoms with van der Waals surface area (Å²) in [6.45, 7) is 1.49. The van der Waals surface area contributed by atoms with Crippen molar-refractivity contribution in [2.75, 3.05) is 13.2 Å². The van der Waals surface area contributed by atoms with Crippen molar-refractivity contribution in [2.24, 2.45) is 0 Å². The number of ether oxygens (including phenoxy) is 3. The third kappa shape index (κ3) is 20.6. The van der Waals surface area contributed by atoms with Crippen LogP contribution in [0.5, 0.6) is 11.5 Å². The van der Waals surface area contributed by atoms with E-state index in [2.05, 4.69) is 12.2 Å². The molecule has 1 saturated heterocycles. The number of unbranched alkanes of at least 4 members (excludes halogenated alkanes) is 19. The molecule has 10 nitrogen and oxygen atoms in total. The predicted molar refractivity (Wildman–Crippen MR) is 226 cm³/mol. The molecule has 2 aromatic rings. The highest BCUT2D eigenvalue weighted by atomic mass is 19.2. The highest BCUT2D eigenvalue weighted by Gasteiger charge is 2.44. The van der Waals surface area contributed by atoms with Crippen molar-refractivity contribution < 1.29 is 53.3 Å². The topological polar surface area (TPSA) is 158 Å². The van der Waals surface area contributed by atoms with Gasteiger partial charge in [0.15, 0.2) is 17.9 Å². The Kier molecular flexibility index (Phi) is 26.0. The number of carbonyl (C=O) groups excluding carboxylic acids is 1. The third-order valence-electron chi connectivity index (χ3n) is 11.4. The van der Waals surface area contributed by atoms with E-state index >= 15 is 0 Å². The van der Waals surface area contributed by atoms with Gasteiger partial charge in [0.2, 0.25) is 5.91 Å². The van der Waals surface area contributed by atoms with E-state index < -0.39 is 61.1 Å². The fraction of sp³-hybridized carbons (Fsp3) is 0.723. The maximum absolute atomic E-state index is 13.4. The molecule has 59 heavy (non-hydrogen) atoms. The number of carbonyl (C=O) groups is 1. The lowest BCUT2D eigenvalue weighted by atomic mass is 9.99. The Bertz CT molecular complexity index is 1380. The van der Waals surface area contributed by atoms with Gasteiger partial charge in [0.05, 0.1) is 25.4 Å². The lowest BCUT2D eigenvalue weighted by Crippen LogP contribution is -2.60. The van der Waals surface area contributed by atoms with Gasteiger partial charge in [0.1, 0.15) is 35.9 Å². The van der Waals surface area contributed by atoms with Gasteiger partial charge in [-0.05, 0) is 55.5 Å². The second-order valence-electron chi connectivity index (χ2n) is 16.5. The van der Waals surface area contributed by atoms with Gasteiger partial charge in [0.25, 0.3) is 0 Å². The van der Waals surface area contributed by atoms with E-state index in [9.17, 15) is 39.1 Å². The van der Waals surface area contributed by atoms with Crippen LogP contribution in [0.4, 0.5) is 8.78 Å². The number of rotatable bonds is 33. The van der Waals surface area contributed by atoms with Crippen LogP contribution in [0.2, 0.25) is 0 Å². The summed E-state index contributed by atoms with van der Waals surface area (Å²) in [5.74, 6) is -1.23. The molecule has 7 atom stereocenters. The first-order valence-electron chi connectivity index (χ1n) is 22.7. The first-order valence-corrected chi connectivity index (χ1v) is 22.7. The summed E-state index contributed by atoms with van der Waals surface area (Å²) in [5.41, 5.74) is 1.19. The summed E-state index contributed by atoms with van der Waals surface area (Å²) in [7, 11) is 0. The number of halogens is 2. The summed E-state index contributed by atoms with van der Waals surface area (Å²) in [6.07, 6.45) is 17.8. The molecule has 12 heteroatoms. The Balaban J connectivity index is 1.29. The molecule has 1 fully saturated rings. The van der Waals surface area contributed by atoms with Crippen LogP contribution in [0.3, 0.4) is 0 Å². The van der Waals surface area contributed by atoms with Crippen LogP contribution in [-0.2, 0) is 20.7 Å². The Morgan fingerprint density at radius 3 is 1.81 bits per heavy atom. The zero-order valence-electron chi connectivity index (χ0n) is 35.6. The fourth-order valence-corrected chi connectivity index (χ4v) is 7.58. The number of amides is 1. The van der Waals surface area contributed by atoms with Crippen LogP contribution in [0.15, 0.2) is 42.5 Å². The molecular weight excluding hydrogens is 761 g/mol. The van der Waals surface area contributed by atoms with Crippen molar-refractivity contribution in [1.29, 1.82) is 0 Å². The standard InChI is InChI=1S/C47H75F2NO9/c1-2-3-4-5-6-7-8-9-10-11-15-18-21-24-41(52)40(34-57-47-46(56)45(55)44(54)42(33-51)59-47)50-43(53)25-22-19-16-13-12-14-17-20-23-35-26-28-36(29-27-35)58-37-30-31-38(48)39(49)32-37/h26-32,40-42,44-47,51-52,54-56H,2-25,33-34H2,1H3,(H,50,53)/t40-,41+,42?,44-,45-,46?,47-/m0/s1. The van der Waals surface area contributed by atoms with E-state index in [-0.39, 0.29) is 18.3 Å². The Morgan fingerprint density at radius 1 is 0.695 bits per heavy atom. The van der Waals surface area contributed by atoms with Crippen LogP contribution < -0.4 is 10.1 Å². The highest BCUT2D eigenvalue weighted by Crippen LogP contribution is 2.25. The van der Waals surface area contributed by atoms with Crippen molar-refractivity contribution in [1.82, 2.24) is 5.32 Å². The zero-order chi connectivity index (χ0) is 42.7. The SMILES string of the molecule is CCCCCCCCCCCCCCC[C@@H](O)[C@H](CO[C@H]1OC(CO)[C@H](O)[C@H](O)C1O)NC(=O)CCCCCCCCCCc1ccc(Oc2ccc(F)c(F)c2)cc1. The predicted octanol–water partition coefficient (Wildman–Crippen LogP) is 8.95. The fourth-order valence-electron chi connectivity index (χ4n) is 7.58. The van der Waals surface area contributed by atoms with Crippen LogP contribution in [0.25, 0.3) is 0 Å². The number of aliphatic hydroxyl groups excluding tert-OH is 5. The summed E-state index contributed by atoms with van der Waals surface area (Å²) >= 11 is 0. The quantitative estimate of drug-likeness (QED) is 0.0386. The van der Waals surface area contributed by atoms with Crippen LogP contribution in [0, 0.1) is 11.6 Å². The van der Waals surface area contributed by atoms with E-state index in [4.69, 9.17) is 14.2 Å². The van der Waals surface area contributed by atoms with E-state index in [0.29, 0.717) is 18.6 Å². The van der Waals surface area contributed by atoms with Gasteiger partial charge >= 0.3 is 0 Å². The first kappa shape index (κ1) is 50.6. The van der Waals surface area contributed by atoms with Crippen LogP contribution in [0.1, 0.15) is 160 Å². The van der Waals surface area contributed by atoms with E-state index in [0.717, 1.165) is 89.2 Å². The minimum Gasteiger partial charge on any atom is -0.457 e. The number of aryl methyl sites for hydroxylation is 1. The lowest BCUT2D eigenvalue weighted by molar-refractivity contribution is -0.302. The summed E-state index contributed by atoms with van der Waals surface area (Å²) in [6, 6.07) is 10.3. The van der Waals surface area contributed by atoms with Gasteiger partial charge in [-0.3, -0.25) is 4.79 Å². The summed E-state index contributed by atoms with van der Waals surface area (Å²) < 4.78 is 43.4. The van der Waals surface area contributed by atoms with Gasteiger partial charge in [0, 0.05) is 12.5 Å². The van der Waals surface area contributed by atoms with E-state index in [1.54, 1.807) is 0 Å². The molecule has 0 saturated carbocycles. The molecule has 1 amide bonds. The van der Waals surface area contributed by atoms with Gasteiger partial charge in [-0.2, -0.15) is 0 Å². The molecule has 0 bridgehead atoms. The maximum atomic E-state index is 13.4. The normalized spacial score (nSPS) is 20.4. The first-order chi connectivity index (χ1) is 28.6. The number of nitrogens with one attached hydrogen (secondary N) is 1. The Labute approximate surface area is 352 Å². The zero-order valence-corrected chi connectivity index (χ0v) is 35.6. The molecule has 0 aliphatic carbocycles. The molecule has 0 spiro atoms. The number of aliphatic hydroxyl groups is 5. The maximum Gasteiger partial charge on any atom is 0.220 e.